The minimum absolute atomic E-state index is 0.0504. The Bertz CT molecular complexity index is 1670. The van der Waals surface area contributed by atoms with Gasteiger partial charge in [0.25, 0.3) is 0 Å². The van der Waals surface area contributed by atoms with Crippen LogP contribution in [0, 0.1) is 0 Å². The van der Waals surface area contributed by atoms with Gasteiger partial charge in [-0.3, -0.25) is 0 Å². The number of carbonyl (C=O) groups excluding carboxylic acids is 1. The SMILES string of the molecule is CCOC(=O)c1cc(OC)c(OCc2ccccc2)c(C(F)(F)F)c1.COc1cc(C(=O)O)cc(C(F)(F)F)c1OCc1ccccc1. The predicted molar refractivity (Wildman–Crippen MR) is 160 cm³/mol. The van der Waals surface area contributed by atoms with Gasteiger partial charge in [-0.1, -0.05) is 60.7 Å². The zero-order chi connectivity index (χ0) is 35.5. The molecule has 4 aromatic carbocycles. The lowest BCUT2D eigenvalue weighted by Crippen LogP contribution is -2.13. The summed E-state index contributed by atoms with van der Waals surface area (Å²) in [5, 5.41) is 8.93. The molecule has 0 bridgehead atoms. The van der Waals surface area contributed by atoms with Gasteiger partial charge in [0.1, 0.15) is 24.3 Å². The van der Waals surface area contributed by atoms with Gasteiger partial charge in [-0.05, 0) is 42.3 Å². The minimum atomic E-state index is -4.77. The summed E-state index contributed by atoms with van der Waals surface area (Å²) < 4.78 is 105. The molecule has 256 valence electrons. The number of ether oxygens (including phenoxy) is 5. The van der Waals surface area contributed by atoms with Crippen LogP contribution in [0.3, 0.4) is 0 Å². The number of halogens is 6. The van der Waals surface area contributed by atoms with E-state index in [4.69, 9.17) is 28.8 Å². The lowest BCUT2D eigenvalue weighted by molar-refractivity contribution is -0.140. The number of aromatic carboxylic acids is 1. The monoisotopic (exact) mass is 680 g/mol. The maximum Gasteiger partial charge on any atom is 0.420 e. The number of rotatable bonds is 11. The van der Waals surface area contributed by atoms with E-state index in [1.807, 2.05) is 0 Å². The van der Waals surface area contributed by atoms with E-state index < -0.39 is 52.5 Å². The van der Waals surface area contributed by atoms with Crippen molar-refractivity contribution in [3.8, 4) is 23.0 Å². The van der Waals surface area contributed by atoms with E-state index in [-0.39, 0.29) is 36.9 Å². The molecular formula is C34H30F6O8. The second-order valence-electron chi connectivity index (χ2n) is 9.68. The van der Waals surface area contributed by atoms with Crippen LogP contribution in [0.2, 0.25) is 0 Å². The summed E-state index contributed by atoms with van der Waals surface area (Å²) in [5.74, 6) is -3.81. The molecule has 0 aliphatic rings. The van der Waals surface area contributed by atoms with Gasteiger partial charge in [0.05, 0.1) is 32.0 Å². The van der Waals surface area contributed by atoms with E-state index in [2.05, 4.69) is 0 Å². The summed E-state index contributed by atoms with van der Waals surface area (Å²) in [5.41, 5.74) is -1.69. The first-order valence-corrected chi connectivity index (χ1v) is 14.0. The topological polar surface area (TPSA) is 101 Å². The van der Waals surface area contributed by atoms with Crippen LogP contribution in [-0.2, 0) is 30.3 Å². The second kappa shape index (κ2) is 16.4. The molecule has 0 aliphatic carbocycles. The van der Waals surface area contributed by atoms with Gasteiger partial charge in [-0.15, -0.1) is 0 Å². The Morgan fingerprint density at radius 1 is 0.646 bits per heavy atom. The molecular weight excluding hydrogens is 650 g/mol. The van der Waals surface area contributed by atoms with Crippen molar-refractivity contribution in [2.24, 2.45) is 0 Å². The molecule has 0 saturated heterocycles. The fourth-order valence-corrected chi connectivity index (χ4v) is 4.14. The van der Waals surface area contributed by atoms with E-state index in [0.717, 1.165) is 13.2 Å². The second-order valence-corrected chi connectivity index (χ2v) is 9.68. The van der Waals surface area contributed by atoms with Gasteiger partial charge < -0.3 is 28.8 Å². The van der Waals surface area contributed by atoms with Crippen molar-refractivity contribution >= 4 is 11.9 Å². The van der Waals surface area contributed by atoms with Crippen molar-refractivity contribution in [2.45, 2.75) is 32.5 Å². The van der Waals surface area contributed by atoms with Gasteiger partial charge in [0.2, 0.25) is 0 Å². The highest BCUT2D eigenvalue weighted by atomic mass is 19.4. The van der Waals surface area contributed by atoms with Gasteiger partial charge in [0.15, 0.2) is 23.0 Å². The summed E-state index contributed by atoms with van der Waals surface area (Å²) in [4.78, 5) is 22.8. The van der Waals surface area contributed by atoms with Gasteiger partial charge in [0, 0.05) is 0 Å². The van der Waals surface area contributed by atoms with Crippen LogP contribution in [0.25, 0.3) is 0 Å². The number of carbonyl (C=O) groups is 2. The Morgan fingerprint density at radius 2 is 1.04 bits per heavy atom. The normalized spacial score (nSPS) is 11.1. The zero-order valence-electron chi connectivity index (χ0n) is 25.8. The van der Waals surface area contributed by atoms with E-state index in [1.54, 1.807) is 67.6 Å². The number of benzene rings is 4. The molecule has 0 fully saturated rings. The average Bonchev–Trinajstić information content (AvgIpc) is 3.06. The highest BCUT2D eigenvalue weighted by Crippen LogP contribution is 2.44. The van der Waals surface area contributed by atoms with Crippen molar-refractivity contribution in [1.82, 2.24) is 0 Å². The summed E-state index contributed by atoms with van der Waals surface area (Å²) in [6.07, 6.45) is -9.49. The smallest absolute Gasteiger partial charge is 0.420 e. The fourth-order valence-electron chi connectivity index (χ4n) is 4.14. The molecule has 0 heterocycles. The van der Waals surface area contributed by atoms with Gasteiger partial charge in [-0.2, -0.15) is 26.3 Å². The van der Waals surface area contributed by atoms with Crippen LogP contribution in [0.4, 0.5) is 26.3 Å². The Kier molecular flexibility index (Phi) is 12.7. The van der Waals surface area contributed by atoms with E-state index in [9.17, 15) is 35.9 Å². The fraction of sp³-hybridized carbons (Fsp3) is 0.235. The number of carboxylic acid groups (broad SMARTS) is 1. The summed E-state index contributed by atoms with van der Waals surface area (Å²) >= 11 is 0. The molecule has 0 spiro atoms. The zero-order valence-corrected chi connectivity index (χ0v) is 25.8. The molecule has 14 heteroatoms. The van der Waals surface area contributed by atoms with Crippen LogP contribution in [0.1, 0.15) is 49.9 Å². The highest BCUT2D eigenvalue weighted by molar-refractivity contribution is 5.91. The van der Waals surface area contributed by atoms with Gasteiger partial charge in [-0.25, -0.2) is 9.59 Å². The number of hydrogen-bond donors (Lipinski definition) is 1. The lowest BCUT2D eigenvalue weighted by Gasteiger charge is -2.18. The largest absolute Gasteiger partial charge is 0.493 e. The predicted octanol–water partition coefficient (Wildman–Crippen LogP) is 8.46. The standard InChI is InChI=1S/C18H17F3O4.C16H13F3O4/c1-3-24-17(22)13-9-14(18(19,20)21)16(15(10-13)23-2)25-11-12-7-5-4-6-8-12;1-22-13-8-11(15(20)21)7-12(16(17,18)19)14(13)23-9-10-5-3-2-4-6-10/h4-10H,3,11H2,1-2H3;2-8H,9H2,1H3,(H,20,21). The van der Waals surface area contributed by atoms with E-state index in [1.165, 1.54) is 13.2 Å². The third-order valence-electron chi connectivity index (χ3n) is 6.37. The Hall–Kier alpha value is -5.40. The van der Waals surface area contributed by atoms with Crippen molar-refractivity contribution in [3.63, 3.8) is 0 Å². The number of alkyl halides is 6. The lowest BCUT2D eigenvalue weighted by atomic mass is 10.1. The Labute approximate surface area is 271 Å². The molecule has 0 amide bonds. The Morgan fingerprint density at radius 3 is 1.40 bits per heavy atom. The van der Waals surface area contributed by atoms with Crippen LogP contribution >= 0.6 is 0 Å². The highest BCUT2D eigenvalue weighted by Gasteiger charge is 2.38. The van der Waals surface area contributed by atoms with Crippen LogP contribution in [0.15, 0.2) is 84.9 Å². The molecule has 8 nitrogen and oxygen atoms in total. The van der Waals surface area contributed by atoms with Crippen molar-refractivity contribution in [1.29, 1.82) is 0 Å². The first-order chi connectivity index (χ1) is 22.7. The third-order valence-corrected chi connectivity index (χ3v) is 6.37. The van der Waals surface area contributed by atoms with E-state index in [0.29, 0.717) is 23.3 Å². The number of hydrogen-bond acceptors (Lipinski definition) is 7. The van der Waals surface area contributed by atoms with Gasteiger partial charge >= 0.3 is 24.3 Å². The van der Waals surface area contributed by atoms with Crippen LogP contribution in [0.5, 0.6) is 23.0 Å². The molecule has 1 N–H and O–H groups in total. The summed E-state index contributed by atoms with van der Waals surface area (Å²) in [6.45, 7) is 1.44. The van der Waals surface area contributed by atoms with Crippen molar-refractivity contribution < 1.29 is 64.7 Å². The van der Waals surface area contributed by atoms with Crippen molar-refractivity contribution in [3.05, 3.63) is 118 Å². The quantitative estimate of drug-likeness (QED) is 0.124. The molecule has 0 aromatic heterocycles. The molecule has 0 atom stereocenters. The van der Waals surface area contributed by atoms with Crippen LogP contribution < -0.4 is 18.9 Å². The molecule has 0 radical (unpaired) electrons. The van der Waals surface area contributed by atoms with Crippen molar-refractivity contribution in [2.75, 3.05) is 20.8 Å². The maximum absolute atomic E-state index is 13.4. The molecule has 0 aliphatic heterocycles. The minimum Gasteiger partial charge on any atom is -0.493 e. The maximum atomic E-state index is 13.4. The molecule has 48 heavy (non-hydrogen) atoms. The third kappa shape index (κ3) is 10.0. The number of carboxylic acids is 1. The summed E-state index contributed by atoms with van der Waals surface area (Å²) in [6, 6.07) is 20.8. The molecule has 4 aromatic rings. The van der Waals surface area contributed by atoms with Crippen LogP contribution in [-0.4, -0.2) is 37.9 Å². The number of esters is 1. The first kappa shape index (κ1) is 37.1. The molecule has 4 rings (SSSR count). The summed E-state index contributed by atoms with van der Waals surface area (Å²) in [7, 11) is 2.36. The van der Waals surface area contributed by atoms with E-state index >= 15 is 0 Å². The first-order valence-electron chi connectivity index (χ1n) is 14.0. The Balaban J connectivity index is 0.000000261. The number of methoxy groups -OCH3 is 2. The molecule has 0 unspecified atom stereocenters. The molecule has 0 saturated carbocycles. The average molecular weight is 681 g/mol.